The number of rotatable bonds is 5. The highest BCUT2D eigenvalue weighted by Gasteiger charge is 2.17. The second-order valence-electron chi connectivity index (χ2n) is 4.23. The van der Waals surface area contributed by atoms with Gasteiger partial charge in [0.1, 0.15) is 6.04 Å². The summed E-state index contributed by atoms with van der Waals surface area (Å²) >= 11 is 0. The predicted molar refractivity (Wildman–Crippen MR) is 78.9 cm³/mol. The van der Waals surface area contributed by atoms with Crippen molar-refractivity contribution >= 4 is 5.69 Å². The number of hydrogen-bond acceptors (Lipinski definition) is 2. The molecule has 1 atom stereocenters. The first-order chi connectivity index (χ1) is 9.36. The van der Waals surface area contributed by atoms with Crippen molar-refractivity contribution in [3.05, 3.63) is 66.2 Å². The Morgan fingerprint density at radius 3 is 2.11 bits per heavy atom. The Bertz CT molecular complexity index is 530. The van der Waals surface area contributed by atoms with Crippen LogP contribution < -0.4 is 4.90 Å². The van der Waals surface area contributed by atoms with E-state index in [1.165, 1.54) is 0 Å². The van der Waals surface area contributed by atoms with Crippen LogP contribution in [0.4, 0.5) is 5.69 Å². The Labute approximate surface area is 114 Å². The maximum Gasteiger partial charge on any atom is 0.116 e. The molecule has 96 valence electrons. The van der Waals surface area contributed by atoms with E-state index in [1.54, 1.807) is 0 Å². The van der Waals surface area contributed by atoms with Crippen molar-refractivity contribution in [1.82, 2.24) is 0 Å². The molecule has 0 unspecified atom stereocenters. The normalized spacial score (nSPS) is 11.6. The van der Waals surface area contributed by atoms with Gasteiger partial charge in [-0.3, -0.25) is 0 Å². The molecule has 2 aromatic rings. The average Bonchev–Trinajstić information content (AvgIpc) is 2.49. The van der Waals surface area contributed by atoms with Gasteiger partial charge in [-0.15, -0.1) is 6.42 Å². The molecule has 0 spiro atoms. The Morgan fingerprint density at radius 1 is 1.00 bits per heavy atom. The second kappa shape index (κ2) is 6.63. The summed E-state index contributed by atoms with van der Waals surface area (Å²) in [5, 5.41) is 9.28. The van der Waals surface area contributed by atoms with Crippen LogP contribution in [0, 0.1) is 12.3 Å². The van der Waals surface area contributed by atoms with Gasteiger partial charge >= 0.3 is 0 Å². The maximum absolute atomic E-state index is 9.28. The third kappa shape index (κ3) is 3.15. The van der Waals surface area contributed by atoms with Crippen LogP contribution >= 0.6 is 0 Å². The van der Waals surface area contributed by atoms with E-state index in [4.69, 9.17) is 6.42 Å². The number of aliphatic hydroxyl groups is 1. The molecule has 2 rings (SSSR count). The second-order valence-corrected chi connectivity index (χ2v) is 4.23. The molecule has 0 fully saturated rings. The summed E-state index contributed by atoms with van der Waals surface area (Å²) < 4.78 is 0. The fraction of sp³-hybridized carbons (Fsp3) is 0.176. The van der Waals surface area contributed by atoms with Crippen LogP contribution in [0.15, 0.2) is 60.7 Å². The molecule has 0 saturated carbocycles. The number of aliphatic hydroxyl groups excluding tert-OH is 1. The molecular weight excluding hydrogens is 234 g/mol. The molecule has 0 bridgehead atoms. The van der Waals surface area contributed by atoms with Crippen molar-refractivity contribution in [2.75, 3.05) is 18.1 Å². The van der Waals surface area contributed by atoms with Crippen LogP contribution in [0.1, 0.15) is 11.6 Å². The summed E-state index contributed by atoms with van der Waals surface area (Å²) in [5.74, 6) is 2.82. The zero-order valence-electron chi connectivity index (χ0n) is 10.7. The first kappa shape index (κ1) is 13.2. The SMILES string of the molecule is C#C[C@@H](c1ccccc1)N(CCO)c1ccccc1. The number of nitrogens with zero attached hydrogens (tertiary/aromatic N) is 1. The Hall–Kier alpha value is -2.24. The van der Waals surface area contributed by atoms with Gasteiger partial charge in [-0.2, -0.15) is 0 Å². The molecule has 0 aromatic heterocycles. The van der Waals surface area contributed by atoms with Crippen LogP contribution in [0.25, 0.3) is 0 Å². The van der Waals surface area contributed by atoms with Crippen molar-refractivity contribution in [3.63, 3.8) is 0 Å². The van der Waals surface area contributed by atoms with Crippen molar-refractivity contribution in [1.29, 1.82) is 0 Å². The number of terminal acetylenes is 1. The monoisotopic (exact) mass is 251 g/mol. The zero-order chi connectivity index (χ0) is 13.5. The van der Waals surface area contributed by atoms with Crippen molar-refractivity contribution in [2.45, 2.75) is 6.04 Å². The van der Waals surface area contributed by atoms with Gasteiger partial charge in [-0.25, -0.2) is 0 Å². The molecule has 0 heterocycles. The van der Waals surface area contributed by atoms with Crippen molar-refractivity contribution in [2.24, 2.45) is 0 Å². The summed E-state index contributed by atoms with van der Waals surface area (Å²) in [6.45, 7) is 0.577. The molecule has 19 heavy (non-hydrogen) atoms. The Balaban J connectivity index is 2.35. The molecule has 0 saturated heterocycles. The van der Waals surface area contributed by atoms with Gasteiger partial charge < -0.3 is 10.0 Å². The minimum absolute atomic E-state index is 0.0694. The fourth-order valence-electron chi connectivity index (χ4n) is 2.14. The molecule has 0 amide bonds. The summed E-state index contributed by atoms with van der Waals surface area (Å²) in [6, 6.07) is 19.7. The number of para-hydroxylation sites is 1. The van der Waals surface area contributed by atoms with Gasteiger partial charge in [-0.05, 0) is 17.7 Å². The molecular formula is C17H17NO. The van der Waals surface area contributed by atoms with Crippen molar-refractivity contribution in [3.8, 4) is 12.3 Å². The molecule has 0 aliphatic rings. The van der Waals surface area contributed by atoms with E-state index in [-0.39, 0.29) is 12.6 Å². The lowest BCUT2D eigenvalue weighted by molar-refractivity contribution is 0.300. The number of anilines is 1. The highest BCUT2D eigenvalue weighted by atomic mass is 16.3. The van der Waals surface area contributed by atoms with Gasteiger partial charge in [0.05, 0.1) is 6.61 Å². The van der Waals surface area contributed by atoms with E-state index in [2.05, 4.69) is 5.92 Å². The van der Waals surface area contributed by atoms with E-state index >= 15 is 0 Å². The van der Waals surface area contributed by atoms with Gasteiger partial charge in [-0.1, -0.05) is 54.5 Å². The van der Waals surface area contributed by atoms with E-state index in [1.807, 2.05) is 65.6 Å². The van der Waals surface area contributed by atoms with Crippen LogP contribution in [0.2, 0.25) is 0 Å². The van der Waals surface area contributed by atoms with E-state index in [9.17, 15) is 5.11 Å². The van der Waals surface area contributed by atoms with Crippen LogP contribution in [-0.4, -0.2) is 18.3 Å². The Morgan fingerprint density at radius 2 is 1.58 bits per heavy atom. The third-order valence-corrected chi connectivity index (χ3v) is 3.01. The van der Waals surface area contributed by atoms with E-state index in [0.717, 1.165) is 11.3 Å². The summed E-state index contributed by atoms with van der Waals surface area (Å²) in [4.78, 5) is 2.04. The summed E-state index contributed by atoms with van der Waals surface area (Å²) in [5.41, 5.74) is 2.07. The lowest BCUT2D eigenvalue weighted by Crippen LogP contribution is -2.30. The van der Waals surface area contributed by atoms with E-state index < -0.39 is 0 Å². The number of benzene rings is 2. The molecule has 2 aromatic carbocycles. The molecule has 0 radical (unpaired) electrons. The molecule has 2 nitrogen and oxygen atoms in total. The average molecular weight is 251 g/mol. The molecule has 2 heteroatoms. The smallest absolute Gasteiger partial charge is 0.116 e. The summed E-state index contributed by atoms with van der Waals surface area (Å²) in [7, 11) is 0. The largest absolute Gasteiger partial charge is 0.395 e. The van der Waals surface area contributed by atoms with Gasteiger partial charge in [0, 0.05) is 12.2 Å². The first-order valence-corrected chi connectivity index (χ1v) is 6.30. The van der Waals surface area contributed by atoms with E-state index in [0.29, 0.717) is 6.54 Å². The van der Waals surface area contributed by atoms with Gasteiger partial charge in [0.2, 0.25) is 0 Å². The van der Waals surface area contributed by atoms with Crippen LogP contribution in [0.3, 0.4) is 0 Å². The third-order valence-electron chi connectivity index (χ3n) is 3.01. The topological polar surface area (TPSA) is 23.5 Å². The maximum atomic E-state index is 9.28. The summed E-state index contributed by atoms with van der Waals surface area (Å²) in [6.07, 6.45) is 5.70. The number of hydrogen-bond donors (Lipinski definition) is 1. The van der Waals surface area contributed by atoms with Gasteiger partial charge in [0.15, 0.2) is 0 Å². The molecule has 1 N–H and O–H groups in total. The standard InChI is InChI=1S/C17H17NO/c1-2-17(15-9-5-3-6-10-15)18(13-14-19)16-11-7-4-8-12-16/h1,3-12,17,19H,13-14H2/t17-/m0/s1. The van der Waals surface area contributed by atoms with Crippen molar-refractivity contribution < 1.29 is 5.11 Å². The first-order valence-electron chi connectivity index (χ1n) is 6.30. The lowest BCUT2D eigenvalue weighted by atomic mass is 10.1. The highest BCUT2D eigenvalue weighted by molar-refractivity contribution is 5.51. The predicted octanol–water partition coefficient (Wildman–Crippen LogP) is 2.86. The highest BCUT2D eigenvalue weighted by Crippen LogP contribution is 2.26. The van der Waals surface area contributed by atoms with Gasteiger partial charge in [0.25, 0.3) is 0 Å². The van der Waals surface area contributed by atoms with Crippen LogP contribution in [0.5, 0.6) is 0 Å². The zero-order valence-corrected chi connectivity index (χ0v) is 10.7. The lowest BCUT2D eigenvalue weighted by Gasteiger charge is -2.30. The minimum Gasteiger partial charge on any atom is -0.395 e. The fourth-order valence-corrected chi connectivity index (χ4v) is 2.14. The molecule has 0 aliphatic carbocycles. The van der Waals surface area contributed by atoms with Crippen LogP contribution in [-0.2, 0) is 0 Å². The minimum atomic E-state index is -0.171. The quantitative estimate of drug-likeness (QED) is 0.826. The Kier molecular flexibility index (Phi) is 4.60. The molecule has 0 aliphatic heterocycles.